The molecule has 0 fully saturated rings. The monoisotopic (exact) mass is 266 g/mol. The van der Waals surface area contributed by atoms with Gasteiger partial charge in [0, 0.05) is 7.11 Å². The summed E-state index contributed by atoms with van der Waals surface area (Å²) in [5.74, 6) is 0.163. The van der Waals surface area contributed by atoms with Crippen LogP contribution in [0.15, 0.2) is 30.5 Å². The first kappa shape index (κ1) is 13.2. The molecule has 0 aliphatic rings. The Morgan fingerprint density at radius 1 is 1.42 bits per heavy atom. The molecule has 0 radical (unpaired) electrons. The molecule has 19 heavy (non-hydrogen) atoms. The van der Waals surface area contributed by atoms with Crippen LogP contribution in [0.4, 0.5) is 10.2 Å². The van der Waals surface area contributed by atoms with Crippen molar-refractivity contribution in [3.8, 4) is 11.4 Å². The molecule has 6 nitrogen and oxygen atoms in total. The number of nitrogens with zero attached hydrogens (tertiary/aromatic N) is 3. The molecule has 0 saturated heterocycles. The van der Waals surface area contributed by atoms with Crippen molar-refractivity contribution in [2.24, 2.45) is 7.05 Å². The van der Waals surface area contributed by atoms with Crippen LogP contribution in [0.5, 0.6) is 0 Å². The molecule has 7 heteroatoms. The second-order valence-electron chi connectivity index (χ2n) is 4.02. The lowest BCUT2D eigenvalue weighted by atomic mass is 10.2. The number of methoxy groups -OCH3 is 1. The fourth-order valence-electron chi connectivity index (χ4n) is 1.95. The Morgan fingerprint density at radius 3 is 2.58 bits per heavy atom. The Labute approximate surface area is 108 Å². The second-order valence-corrected chi connectivity index (χ2v) is 4.02. The van der Waals surface area contributed by atoms with Gasteiger partial charge >= 0.3 is 5.82 Å². The molecule has 100 valence electrons. The number of hydrogen-bond donors (Lipinski definition) is 0. The molecular formula is C12H13FN3O3+. The maximum Gasteiger partial charge on any atom is 0.365 e. The highest BCUT2D eigenvalue weighted by Gasteiger charge is 2.25. The lowest BCUT2D eigenvalue weighted by Crippen LogP contribution is -2.35. The van der Waals surface area contributed by atoms with E-state index < -0.39 is 4.92 Å². The van der Waals surface area contributed by atoms with Gasteiger partial charge in [-0.1, -0.05) is 0 Å². The van der Waals surface area contributed by atoms with Gasteiger partial charge in [0.15, 0.2) is 12.9 Å². The third-order valence-electron chi connectivity index (χ3n) is 2.76. The molecule has 0 saturated carbocycles. The molecule has 1 aromatic carbocycles. The van der Waals surface area contributed by atoms with Gasteiger partial charge in [-0.25, -0.2) is 8.96 Å². The van der Waals surface area contributed by atoms with Gasteiger partial charge in [0.05, 0.1) is 12.6 Å². The van der Waals surface area contributed by atoms with Gasteiger partial charge < -0.3 is 14.9 Å². The minimum Gasteiger partial charge on any atom is -0.358 e. The highest BCUT2D eigenvalue weighted by Crippen LogP contribution is 2.21. The van der Waals surface area contributed by atoms with Crippen molar-refractivity contribution >= 4 is 5.82 Å². The largest absolute Gasteiger partial charge is 0.365 e. The molecule has 0 bridgehead atoms. The molecular weight excluding hydrogens is 253 g/mol. The molecule has 0 atom stereocenters. The summed E-state index contributed by atoms with van der Waals surface area (Å²) in [6, 6.07) is 5.76. The van der Waals surface area contributed by atoms with Crippen molar-refractivity contribution in [2.45, 2.75) is 6.73 Å². The Balaban J connectivity index is 2.59. The molecule has 1 heterocycles. The first-order valence-corrected chi connectivity index (χ1v) is 5.53. The normalized spacial score (nSPS) is 10.7. The minimum absolute atomic E-state index is 0.0589. The van der Waals surface area contributed by atoms with Crippen LogP contribution in [0.25, 0.3) is 11.4 Å². The van der Waals surface area contributed by atoms with E-state index in [1.807, 2.05) is 0 Å². The predicted octanol–water partition coefficient (Wildman–Crippen LogP) is 1.63. The number of nitro groups is 1. The molecule has 0 unspecified atom stereocenters. The quantitative estimate of drug-likeness (QED) is 0.480. The number of imidazole rings is 1. The number of hydrogen-bond acceptors (Lipinski definition) is 3. The zero-order valence-corrected chi connectivity index (χ0v) is 10.5. The van der Waals surface area contributed by atoms with E-state index >= 15 is 0 Å². The van der Waals surface area contributed by atoms with E-state index in [0.717, 1.165) is 0 Å². The van der Waals surface area contributed by atoms with Crippen molar-refractivity contribution in [2.75, 3.05) is 7.11 Å². The number of benzene rings is 1. The van der Waals surface area contributed by atoms with Crippen molar-refractivity contribution in [3.63, 3.8) is 0 Å². The smallest absolute Gasteiger partial charge is 0.358 e. The average Bonchev–Trinajstić information content (AvgIpc) is 2.68. The van der Waals surface area contributed by atoms with E-state index in [2.05, 4.69) is 0 Å². The molecule has 2 rings (SSSR count). The summed E-state index contributed by atoms with van der Waals surface area (Å²) >= 11 is 0. The molecule has 0 aliphatic carbocycles. The maximum atomic E-state index is 12.9. The van der Waals surface area contributed by atoms with E-state index in [1.54, 1.807) is 23.7 Å². The highest BCUT2D eigenvalue weighted by atomic mass is 19.1. The summed E-state index contributed by atoms with van der Waals surface area (Å²) in [6.45, 7) is 0.175. The van der Waals surface area contributed by atoms with Crippen LogP contribution in [0, 0.1) is 15.9 Å². The molecule has 0 aliphatic heterocycles. The van der Waals surface area contributed by atoms with Crippen LogP contribution < -0.4 is 4.57 Å². The number of halogens is 1. The third-order valence-corrected chi connectivity index (χ3v) is 2.76. The molecule has 0 N–H and O–H groups in total. The Morgan fingerprint density at radius 2 is 2.05 bits per heavy atom. The van der Waals surface area contributed by atoms with Crippen LogP contribution in [-0.4, -0.2) is 16.6 Å². The Hall–Kier alpha value is -2.28. The molecule has 2 aromatic rings. The van der Waals surface area contributed by atoms with Crippen molar-refractivity contribution < 1.29 is 18.6 Å². The summed E-state index contributed by atoms with van der Waals surface area (Å²) < 4.78 is 21.0. The maximum absolute atomic E-state index is 12.9. The van der Waals surface area contributed by atoms with Crippen LogP contribution in [-0.2, 0) is 18.5 Å². The molecule has 0 spiro atoms. The van der Waals surface area contributed by atoms with Gasteiger partial charge in [0.1, 0.15) is 5.82 Å². The Bertz CT molecular complexity index is 607. The second kappa shape index (κ2) is 5.15. The minimum atomic E-state index is -0.473. The predicted molar refractivity (Wildman–Crippen MR) is 64.7 cm³/mol. The van der Waals surface area contributed by atoms with E-state index in [9.17, 15) is 14.5 Å². The van der Waals surface area contributed by atoms with Gasteiger partial charge in [-0.15, -0.1) is 0 Å². The number of rotatable bonds is 4. The van der Waals surface area contributed by atoms with Crippen molar-refractivity contribution in [1.29, 1.82) is 0 Å². The lowest BCUT2D eigenvalue weighted by Gasteiger charge is -2.01. The fourth-order valence-corrected chi connectivity index (χ4v) is 1.95. The topological polar surface area (TPSA) is 61.2 Å². The summed E-state index contributed by atoms with van der Waals surface area (Å²) in [7, 11) is 3.09. The van der Waals surface area contributed by atoms with Crippen LogP contribution in [0.2, 0.25) is 0 Å². The first-order valence-electron chi connectivity index (χ1n) is 5.53. The van der Waals surface area contributed by atoms with Crippen molar-refractivity contribution in [1.82, 2.24) is 4.57 Å². The average molecular weight is 266 g/mol. The van der Waals surface area contributed by atoms with Crippen molar-refractivity contribution in [3.05, 3.63) is 46.4 Å². The van der Waals surface area contributed by atoms with E-state index in [1.165, 1.54) is 30.0 Å². The third kappa shape index (κ3) is 2.45. The number of aromatic nitrogens is 2. The van der Waals surface area contributed by atoms with E-state index in [4.69, 9.17) is 4.74 Å². The summed E-state index contributed by atoms with van der Waals surface area (Å²) in [5.41, 5.74) is 0.675. The van der Waals surface area contributed by atoms with Gasteiger partial charge in [0.2, 0.25) is 0 Å². The van der Waals surface area contributed by atoms with Gasteiger partial charge in [-0.3, -0.25) is 0 Å². The zero-order chi connectivity index (χ0) is 14.0. The molecule has 0 amide bonds. The SMILES string of the molecule is COC[n+]1cc([N+](=O)[O-])n(C)c1-c1ccc(F)cc1. The molecule has 1 aromatic heterocycles. The fraction of sp³-hybridized carbons (Fsp3) is 0.250. The van der Waals surface area contributed by atoms with Gasteiger partial charge in [-0.2, -0.15) is 4.57 Å². The van der Waals surface area contributed by atoms with Gasteiger partial charge in [0.25, 0.3) is 5.82 Å². The zero-order valence-electron chi connectivity index (χ0n) is 10.5. The summed E-state index contributed by atoms with van der Waals surface area (Å²) in [4.78, 5) is 10.5. The lowest BCUT2D eigenvalue weighted by molar-refractivity contribution is -0.721. The number of ether oxygens (including phenoxy) is 1. The van der Waals surface area contributed by atoms with Crippen LogP contribution >= 0.6 is 0 Å². The van der Waals surface area contributed by atoms with E-state index in [0.29, 0.717) is 11.4 Å². The summed E-state index contributed by atoms with van der Waals surface area (Å²) in [5, 5.41) is 10.9. The van der Waals surface area contributed by atoms with E-state index in [-0.39, 0.29) is 18.4 Å². The Kier molecular flexibility index (Phi) is 3.57. The first-order chi connectivity index (χ1) is 9.04. The van der Waals surface area contributed by atoms with Crippen LogP contribution in [0.3, 0.4) is 0 Å². The highest BCUT2D eigenvalue weighted by molar-refractivity contribution is 5.54. The van der Waals surface area contributed by atoms with Crippen LogP contribution in [0.1, 0.15) is 0 Å². The summed E-state index contributed by atoms with van der Waals surface area (Å²) in [6.07, 6.45) is 1.39. The van der Waals surface area contributed by atoms with Gasteiger partial charge in [-0.05, 0) is 29.2 Å². The standard InChI is InChI=1S/C12H13FN3O3/c1-14-11(16(17)18)7-15(8-19-2)12(14)9-3-5-10(13)6-4-9/h3-7H,8H2,1-2H3/q+1.